The summed E-state index contributed by atoms with van der Waals surface area (Å²) in [5.74, 6) is 0.698. The Morgan fingerprint density at radius 3 is 2.33 bits per heavy atom. The number of benzene rings is 1. The molecule has 1 aliphatic heterocycles. The van der Waals surface area contributed by atoms with E-state index in [2.05, 4.69) is 48.2 Å². The molecule has 1 aromatic carbocycles. The maximum atomic E-state index is 12.1. The van der Waals surface area contributed by atoms with Crippen LogP contribution in [-0.4, -0.2) is 41.9 Å². The summed E-state index contributed by atoms with van der Waals surface area (Å²) in [5.41, 5.74) is 1.04. The van der Waals surface area contributed by atoms with E-state index < -0.39 is 0 Å². The van der Waals surface area contributed by atoms with Crippen molar-refractivity contribution in [3.8, 4) is 0 Å². The summed E-state index contributed by atoms with van der Waals surface area (Å²) in [6.45, 7) is 12.8. The number of para-hydroxylation sites is 1. The summed E-state index contributed by atoms with van der Waals surface area (Å²) in [7, 11) is 0. The van der Waals surface area contributed by atoms with Gasteiger partial charge in [0, 0.05) is 29.7 Å². The summed E-state index contributed by atoms with van der Waals surface area (Å²) < 4.78 is 0. The molecule has 0 aliphatic carbocycles. The first-order valence-electron chi connectivity index (χ1n) is 8.19. The van der Waals surface area contributed by atoms with Gasteiger partial charge in [-0.25, -0.2) is 4.99 Å². The molecule has 1 saturated heterocycles. The van der Waals surface area contributed by atoms with Gasteiger partial charge in [0.1, 0.15) is 6.54 Å². The Kier molecular flexibility index (Phi) is 7.07. The van der Waals surface area contributed by atoms with Crippen molar-refractivity contribution in [2.24, 2.45) is 10.4 Å². The van der Waals surface area contributed by atoms with Crippen LogP contribution in [0, 0.1) is 5.41 Å². The van der Waals surface area contributed by atoms with Gasteiger partial charge >= 0.3 is 0 Å². The average molecular weight is 444 g/mol. The molecule has 6 heteroatoms. The number of carbonyl (C=O) groups excluding carboxylic acids is 1. The number of nitrogens with one attached hydrogen (secondary N) is 2. The second kappa shape index (κ2) is 8.18. The second-order valence-electron chi connectivity index (χ2n) is 7.11. The van der Waals surface area contributed by atoms with Gasteiger partial charge < -0.3 is 15.5 Å². The topological polar surface area (TPSA) is 56.7 Å². The molecule has 0 spiro atoms. The summed E-state index contributed by atoms with van der Waals surface area (Å²) in [4.78, 5) is 18.8. The fourth-order valence-electron chi connectivity index (χ4n) is 2.66. The smallest absolute Gasteiger partial charge is 0.246 e. The molecular weight excluding hydrogens is 415 g/mol. The van der Waals surface area contributed by atoms with Crippen LogP contribution in [0.25, 0.3) is 0 Å². The first-order valence-corrected chi connectivity index (χ1v) is 8.19. The lowest BCUT2D eigenvalue weighted by Crippen LogP contribution is -2.72. The minimum absolute atomic E-state index is 0. The van der Waals surface area contributed by atoms with Gasteiger partial charge in [-0.1, -0.05) is 32.0 Å². The third kappa shape index (κ3) is 4.40. The highest BCUT2D eigenvalue weighted by atomic mass is 127. The van der Waals surface area contributed by atoms with Crippen molar-refractivity contribution in [3.05, 3.63) is 30.3 Å². The molecule has 0 radical (unpaired) electrons. The highest BCUT2D eigenvalue weighted by Gasteiger charge is 2.53. The number of rotatable bonds is 4. The molecule has 1 aromatic rings. The first kappa shape index (κ1) is 20.7. The maximum absolute atomic E-state index is 12.1. The third-order valence-corrected chi connectivity index (χ3v) is 4.90. The predicted octanol–water partition coefficient (Wildman–Crippen LogP) is 3.33. The van der Waals surface area contributed by atoms with Crippen molar-refractivity contribution < 1.29 is 4.79 Å². The number of likely N-dealkylation sites (tertiary alicyclic amines) is 1. The molecule has 0 saturated carbocycles. The van der Waals surface area contributed by atoms with E-state index in [0.717, 1.165) is 24.7 Å². The van der Waals surface area contributed by atoms with Gasteiger partial charge in [-0.3, -0.25) is 4.79 Å². The Morgan fingerprint density at radius 2 is 1.83 bits per heavy atom. The highest BCUT2D eigenvalue weighted by molar-refractivity contribution is 14.0. The summed E-state index contributed by atoms with van der Waals surface area (Å²) in [5, 5.41) is 6.15. The van der Waals surface area contributed by atoms with E-state index in [1.807, 2.05) is 37.3 Å². The lowest BCUT2D eigenvalue weighted by molar-refractivity contribution is -0.115. The molecule has 0 bridgehead atoms. The quantitative estimate of drug-likeness (QED) is 0.426. The Balaban J connectivity index is 0.00000288. The molecule has 24 heavy (non-hydrogen) atoms. The minimum atomic E-state index is -0.107. The van der Waals surface area contributed by atoms with E-state index in [0.29, 0.717) is 0 Å². The van der Waals surface area contributed by atoms with E-state index in [1.165, 1.54) is 0 Å². The summed E-state index contributed by atoms with van der Waals surface area (Å²) in [6.07, 6.45) is 0. The van der Waals surface area contributed by atoms with Gasteiger partial charge in [0.2, 0.25) is 5.91 Å². The number of anilines is 1. The number of hydrogen-bond acceptors (Lipinski definition) is 2. The van der Waals surface area contributed by atoms with E-state index in [9.17, 15) is 4.79 Å². The van der Waals surface area contributed by atoms with Crippen molar-refractivity contribution >= 4 is 41.5 Å². The predicted molar refractivity (Wildman–Crippen MR) is 111 cm³/mol. The number of halogens is 1. The minimum Gasteiger partial charge on any atom is -0.356 e. The molecular formula is C18H29IN4O. The Bertz CT molecular complexity index is 584. The van der Waals surface area contributed by atoms with Crippen LogP contribution in [0.2, 0.25) is 0 Å². The Labute approximate surface area is 162 Å². The molecule has 1 heterocycles. The van der Waals surface area contributed by atoms with Crippen molar-refractivity contribution in [2.75, 3.05) is 25.0 Å². The van der Waals surface area contributed by atoms with E-state index in [-0.39, 0.29) is 47.4 Å². The Hall–Kier alpha value is -1.31. The molecule has 134 valence electrons. The highest BCUT2D eigenvalue weighted by Crippen LogP contribution is 2.46. The van der Waals surface area contributed by atoms with Gasteiger partial charge in [0.25, 0.3) is 0 Å². The fraction of sp³-hybridized carbons (Fsp3) is 0.556. The lowest BCUT2D eigenvalue weighted by Gasteiger charge is -2.62. The third-order valence-electron chi connectivity index (χ3n) is 4.90. The molecule has 0 unspecified atom stereocenters. The number of aliphatic imine (C=N–C) groups is 1. The molecule has 1 aliphatic rings. The van der Waals surface area contributed by atoms with Gasteiger partial charge in [0.15, 0.2) is 5.96 Å². The van der Waals surface area contributed by atoms with Gasteiger partial charge in [-0.05, 0) is 32.9 Å². The van der Waals surface area contributed by atoms with Crippen LogP contribution >= 0.6 is 24.0 Å². The van der Waals surface area contributed by atoms with Crippen LogP contribution in [-0.2, 0) is 4.79 Å². The monoisotopic (exact) mass is 444 g/mol. The normalized spacial score (nSPS) is 18.2. The van der Waals surface area contributed by atoms with Crippen molar-refractivity contribution in [1.82, 2.24) is 10.2 Å². The van der Waals surface area contributed by atoms with E-state index >= 15 is 0 Å². The number of guanidine groups is 1. The SMILES string of the molecule is CCNC(=NCC(=O)Nc1ccccc1)N1CC(C)(C)C1(C)C.I. The molecule has 0 aromatic heterocycles. The first-order chi connectivity index (χ1) is 10.8. The van der Waals surface area contributed by atoms with E-state index in [4.69, 9.17) is 0 Å². The summed E-state index contributed by atoms with van der Waals surface area (Å²) >= 11 is 0. The number of carbonyl (C=O) groups is 1. The van der Waals surface area contributed by atoms with Crippen LogP contribution in [0.1, 0.15) is 34.6 Å². The van der Waals surface area contributed by atoms with Crippen molar-refractivity contribution in [1.29, 1.82) is 0 Å². The van der Waals surface area contributed by atoms with Gasteiger partial charge in [-0.15, -0.1) is 24.0 Å². The number of hydrogen-bond donors (Lipinski definition) is 2. The van der Waals surface area contributed by atoms with Crippen LogP contribution in [0.4, 0.5) is 5.69 Å². The van der Waals surface area contributed by atoms with Crippen LogP contribution < -0.4 is 10.6 Å². The summed E-state index contributed by atoms with van der Waals surface area (Å²) in [6, 6.07) is 9.45. The second-order valence-corrected chi connectivity index (χ2v) is 7.11. The fourth-order valence-corrected chi connectivity index (χ4v) is 2.66. The van der Waals surface area contributed by atoms with Gasteiger partial charge in [-0.2, -0.15) is 0 Å². The van der Waals surface area contributed by atoms with Crippen molar-refractivity contribution in [2.45, 2.75) is 40.2 Å². The van der Waals surface area contributed by atoms with Crippen LogP contribution in [0.15, 0.2) is 35.3 Å². The zero-order valence-electron chi connectivity index (χ0n) is 15.2. The molecule has 2 rings (SSSR count). The largest absolute Gasteiger partial charge is 0.356 e. The molecule has 1 amide bonds. The number of nitrogens with zero attached hydrogens (tertiary/aromatic N) is 2. The molecule has 2 N–H and O–H groups in total. The van der Waals surface area contributed by atoms with Gasteiger partial charge in [0.05, 0.1) is 0 Å². The van der Waals surface area contributed by atoms with Crippen molar-refractivity contribution in [3.63, 3.8) is 0 Å². The Morgan fingerprint density at radius 1 is 1.21 bits per heavy atom. The molecule has 0 atom stereocenters. The van der Waals surface area contributed by atoms with Crippen LogP contribution in [0.3, 0.4) is 0 Å². The zero-order valence-corrected chi connectivity index (χ0v) is 17.5. The molecule has 5 nitrogen and oxygen atoms in total. The zero-order chi connectivity index (χ0) is 17.1. The van der Waals surface area contributed by atoms with Crippen LogP contribution in [0.5, 0.6) is 0 Å². The average Bonchev–Trinajstić information content (AvgIpc) is 2.50. The maximum Gasteiger partial charge on any atom is 0.246 e. The number of amides is 1. The standard InChI is InChI=1S/C18H28N4O.HI/c1-6-19-16(22-13-17(2,3)18(22,4)5)20-12-15(23)21-14-10-8-7-9-11-14;/h7-11H,6,12-13H2,1-5H3,(H,19,20)(H,21,23);1H. The molecule has 1 fully saturated rings. The van der Waals surface area contributed by atoms with E-state index in [1.54, 1.807) is 0 Å². The lowest BCUT2D eigenvalue weighted by atomic mass is 9.65.